The summed E-state index contributed by atoms with van der Waals surface area (Å²) in [6, 6.07) is 12.0. The number of nitrogens with zero attached hydrogens (tertiary/aromatic N) is 2. The van der Waals surface area contributed by atoms with Gasteiger partial charge in [0.1, 0.15) is 0 Å². The van der Waals surface area contributed by atoms with Crippen LogP contribution in [0, 0.1) is 0 Å². The molecule has 18 heavy (non-hydrogen) atoms. The summed E-state index contributed by atoms with van der Waals surface area (Å²) in [5.74, 6) is 0.171. The summed E-state index contributed by atoms with van der Waals surface area (Å²) in [7, 11) is 0. The Morgan fingerprint density at radius 3 is 2.89 bits per heavy atom. The number of thiol groups is 1. The van der Waals surface area contributed by atoms with Gasteiger partial charge in [-0.05, 0) is 12.1 Å². The third-order valence-electron chi connectivity index (χ3n) is 3.20. The number of carbonyl (C=O) groups is 1. The largest absolute Gasteiger partial charge is 0.336 e. The Morgan fingerprint density at radius 1 is 1.28 bits per heavy atom. The summed E-state index contributed by atoms with van der Waals surface area (Å²) in [6.07, 6.45) is 0.538. The summed E-state index contributed by atoms with van der Waals surface area (Å²) in [6.45, 7) is 1.30. The van der Waals surface area contributed by atoms with Crippen molar-refractivity contribution >= 4 is 29.4 Å². The molecule has 0 N–H and O–H groups in total. The van der Waals surface area contributed by atoms with E-state index in [9.17, 15) is 4.79 Å². The van der Waals surface area contributed by atoms with Crippen molar-refractivity contribution in [1.29, 1.82) is 0 Å². The number of amides is 1. The third-order valence-corrected chi connectivity index (χ3v) is 3.55. The maximum atomic E-state index is 11.7. The second-order valence-electron chi connectivity index (χ2n) is 4.63. The number of likely N-dealkylation sites (tertiary alicyclic amines) is 1. The van der Waals surface area contributed by atoms with Crippen LogP contribution in [0.1, 0.15) is 12.1 Å². The van der Waals surface area contributed by atoms with E-state index in [2.05, 4.69) is 23.7 Å². The molecule has 1 saturated heterocycles. The number of pyridine rings is 1. The first-order valence-corrected chi connectivity index (χ1v) is 6.54. The molecule has 0 aliphatic carbocycles. The maximum Gasteiger partial charge on any atom is 0.224 e. The minimum absolute atomic E-state index is 0.165. The highest BCUT2D eigenvalue weighted by molar-refractivity contribution is 7.81. The molecule has 1 atom stereocenters. The second kappa shape index (κ2) is 4.61. The second-order valence-corrected chi connectivity index (χ2v) is 5.36. The standard InChI is InChI=1S/C14H14N2OS/c17-14-7-12(18)9-16(14)8-11-6-5-10-3-1-2-4-13(10)15-11/h1-6,12,18H,7-9H2. The summed E-state index contributed by atoms with van der Waals surface area (Å²) < 4.78 is 0. The summed E-state index contributed by atoms with van der Waals surface area (Å²) in [5, 5.41) is 1.29. The molecule has 3 rings (SSSR count). The van der Waals surface area contributed by atoms with E-state index in [1.165, 1.54) is 0 Å². The van der Waals surface area contributed by atoms with E-state index in [1.807, 2.05) is 35.2 Å². The van der Waals surface area contributed by atoms with Gasteiger partial charge in [0.25, 0.3) is 0 Å². The SMILES string of the molecule is O=C1CC(S)CN1Cc1ccc2ccccc2n1. The van der Waals surface area contributed by atoms with Crippen LogP contribution in [0.15, 0.2) is 36.4 Å². The zero-order chi connectivity index (χ0) is 12.5. The Kier molecular flexibility index (Phi) is 2.96. The Morgan fingerprint density at radius 2 is 2.11 bits per heavy atom. The van der Waals surface area contributed by atoms with Gasteiger partial charge in [-0.15, -0.1) is 0 Å². The van der Waals surface area contributed by atoms with Crippen LogP contribution >= 0.6 is 12.6 Å². The molecule has 1 aromatic carbocycles. The topological polar surface area (TPSA) is 33.2 Å². The predicted molar refractivity (Wildman–Crippen MR) is 74.6 cm³/mol. The van der Waals surface area contributed by atoms with Crippen molar-refractivity contribution in [3.05, 3.63) is 42.1 Å². The van der Waals surface area contributed by atoms with E-state index in [0.29, 0.717) is 13.0 Å². The van der Waals surface area contributed by atoms with Gasteiger partial charge in [-0.1, -0.05) is 24.3 Å². The first kappa shape index (κ1) is 11.5. The van der Waals surface area contributed by atoms with Crippen LogP contribution in [-0.2, 0) is 11.3 Å². The van der Waals surface area contributed by atoms with Crippen LogP contribution in [0.3, 0.4) is 0 Å². The summed E-state index contributed by atoms with van der Waals surface area (Å²) in [4.78, 5) is 18.1. The quantitative estimate of drug-likeness (QED) is 0.838. The van der Waals surface area contributed by atoms with Crippen molar-refractivity contribution in [3.63, 3.8) is 0 Å². The van der Waals surface area contributed by atoms with Gasteiger partial charge in [-0.25, -0.2) is 0 Å². The lowest BCUT2D eigenvalue weighted by Crippen LogP contribution is -2.25. The summed E-state index contributed by atoms with van der Waals surface area (Å²) >= 11 is 4.35. The number of fused-ring (bicyclic) bond motifs is 1. The van der Waals surface area contributed by atoms with Gasteiger partial charge < -0.3 is 4.90 Å². The Balaban J connectivity index is 1.84. The molecule has 1 aliphatic heterocycles. The molecule has 3 nitrogen and oxygen atoms in total. The molecule has 4 heteroatoms. The molecule has 2 aromatic rings. The van der Waals surface area contributed by atoms with E-state index in [4.69, 9.17) is 0 Å². The van der Waals surface area contributed by atoms with E-state index in [1.54, 1.807) is 0 Å². The molecule has 0 saturated carbocycles. The van der Waals surface area contributed by atoms with Gasteiger partial charge in [0.05, 0.1) is 17.8 Å². The van der Waals surface area contributed by atoms with Crippen LogP contribution in [-0.4, -0.2) is 27.6 Å². The van der Waals surface area contributed by atoms with Crippen LogP contribution in [0.4, 0.5) is 0 Å². The van der Waals surface area contributed by atoms with Gasteiger partial charge in [0.2, 0.25) is 5.91 Å². The lowest BCUT2D eigenvalue weighted by Gasteiger charge is -2.15. The molecule has 0 spiro atoms. The molecule has 92 valence electrons. The maximum absolute atomic E-state index is 11.7. The molecule has 1 fully saturated rings. The lowest BCUT2D eigenvalue weighted by molar-refractivity contribution is -0.128. The van der Waals surface area contributed by atoms with Gasteiger partial charge in [-0.3, -0.25) is 9.78 Å². The van der Waals surface area contributed by atoms with Crippen molar-refractivity contribution in [2.75, 3.05) is 6.54 Å². The van der Waals surface area contributed by atoms with Crippen molar-refractivity contribution in [1.82, 2.24) is 9.88 Å². The highest BCUT2D eigenvalue weighted by Gasteiger charge is 2.27. The molecule has 1 aliphatic rings. The molecular formula is C14H14N2OS. The first-order valence-electron chi connectivity index (χ1n) is 6.03. The van der Waals surface area contributed by atoms with Crippen molar-refractivity contribution in [2.45, 2.75) is 18.2 Å². The number of carbonyl (C=O) groups excluding carboxylic acids is 1. The number of para-hydroxylation sites is 1. The monoisotopic (exact) mass is 258 g/mol. The average Bonchev–Trinajstić information content (AvgIpc) is 2.68. The van der Waals surface area contributed by atoms with Gasteiger partial charge in [0.15, 0.2) is 0 Å². The van der Waals surface area contributed by atoms with Crippen LogP contribution < -0.4 is 0 Å². The fraction of sp³-hybridized carbons (Fsp3) is 0.286. The van der Waals surface area contributed by atoms with Gasteiger partial charge >= 0.3 is 0 Å². The molecule has 1 unspecified atom stereocenters. The van der Waals surface area contributed by atoms with E-state index < -0.39 is 0 Å². The summed E-state index contributed by atoms with van der Waals surface area (Å²) in [5.41, 5.74) is 1.91. The molecule has 1 aromatic heterocycles. The number of aromatic nitrogens is 1. The molecule has 1 amide bonds. The highest BCUT2D eigenvalue weighted by atomic mass is 32.1. The molecule has 2 heterocycles. The number of rotatable bonds is 2. The number of hydrogen-bond donors (Lipinski definition) is 1. The zero-order valence-corrected chi connectivity index (χ0v) is 10.8. The molecule has 0 radical (unpaired) electrons. The Hall–Kier alpha value is -1.55. The van der Waals surface area contributed by atoms with Gasteiger partial charge in [-0.2, -0.15) is 12.6 Å². The average molecular weight is 258 g/mol. The smallest absolute Gasteiger partial charge is 0.224 e. The van der Waals surface area contributed by atoms with Crippen molar-refractivity contribution in [3.8, 4) is 0 Å². The van der Waals surface area contributed by atoms with Crippen molar-refractivity contribution < 1.29 is 4.79 Å². The van der Waals surface area contributed by atoms with E-state index in [0.717, 1.165) is 23.1 Å². The van der Waals surface area contributed by atoms with Crippen LogP contribution in [0.5, 0.6) is 0 Å². The highest BCUT2D eigenvalue weighted by Crippen LogP contribution is 2.19. The predicted octanol–water partition coefficient (Wildman–Crippen LogP) is 2.27. The third kappa shape index (κ3) is 2.20. The van der Waals surface area contributed by atoms with Gasteiger partial charge in [0, 0.05) is 23.6 Å². The minimum atomic E-state index is 0.165. The van der Waals surface area contributed by atoms with Crippen LogP contribution in [0.2, 0.25) is 0 Å². The number of hydrogen-bond acceptors (Lipinski definition) is 3. The Labute approximate surface area is 111 Å². The Bertz CT molecular complexity index is 599. The molecule has 0 bridgehead atoms. The minimum Gasteiger partial charge on any atom is -0.336 e. The van der Waals surface area contributed by atoms with E-state index >= 15 is 0 Å². The van der Waals surface area contributed by atoms with Crippen LogP contribution in [0.25, 0.3) is 10.9 Å². The lowest BCUT2D eigenvalue weighted by atomic mass is 10.2. The fourth-order valence-corrected chi connectivity index (χ4v) is 2.65. The van der Waals surface area contributed by atoms with E-state index in [-0.39, 0.29) is 11.2 Å². The zero-order valence-electron chi connectivity index (χ0n) is 9.91. The fourth-order valence-electron chi connectivity index (χ4n) is 2.30. The normalized spacial score (nSPS) is 19.7. The van der Waals surface area contributed by atoms with Crippen molar-refractivity contribution in [2.24, 2.45) is 0 Å². The molecular weight excluding hydrogens is 244 g/mol. The number of benzene rings is 1. The first-order chi connectivity index (χ1) is 8.72.